The first kappa shape index (κ1) is 41.9. The molecule has 14 unspecified atom stereocenters. The van der Waals surface area contributed by atoms with E-state index in [1.54, 1.807) is 0 Å². The van der Waals surface area contributed by atoms with E-state index in [0.717, 1.165) is 12.8 Å². The minimum Gasteiger partial charge on any atom is -0.362 e. The van der Waals surface area contributed by atoms with Crippen molar-refractivity contribution in [1.82, 2.24) is 0 Å². The highest BCUT2D eigenvalue weighted by Crippen LogP contribution is 2.43. The van der Waals surface area contributed by atoms with Crippen LogP contribution in [0.3, 0.4) is 0 Å². The van der Waals surface area contributed by atoms with Gasteiger partial charge < -0.3 is 4.74 Å². The Morgan fingerprint density at radius 2 is 0.718 bits per heavy atom. The highest BCUT2D eigenvalue weighted by Gasteiger charge is 2.45. The second-order valence-corrected chi connectivity index (χ2v) is 15.7. The second-order valence-electron chi connectivity index (χ2n) is 10.8. The van der Waals surface area contributed by atoms with Crippen LogP contribution in [-0.4, -0.2) is 60.6 Å². The van der Waals surface area contributed by atoms with Crippen LogP contribution in [0.25, 0.3) is 0 Å². The molecule has 39 heavy (non-hydrogen) atoms. The third-order valence-corrected chi connectivity index (χ3v) is 14.3. The Morgan fingerprint density at radius 3 is 1.05 bits per heavy atom. The summed E-state index contributed by atoms with van der Waals surface area (Å²) in [5.74, 6) is -0.413. The molecule has 0 amide bonds. The maximum Gasteiger partial charge on any atom is 0.135 e. The molecule has 0 aromatic heterocycles. The molecule has 0 spiro atoms. The third-order valence-electron chi connectivity index (χ3n) is 7.72. The Balaban J connectivity index is 5.80. The van der Waals surface area contributed by atoms with E-state index in [1.165, 1.54) is 0 Å². The number of alkyl halides is 10. The van der Waals surface area contributed by atoms with Crippen LogP contribution < -0.4 is 0 Å². The SMILES string of the molecule is CCCOC(Cl)C(CC)C(Cl)C(Cl)C(Cl)C(CC)C(Cl)C(CC)C(Cl)C(CC)C(Cl)C(Cl)C(Cl)C(Cl)C(C)C. The van der Waals surface area contributed by atoms with E-state index in [-0.39, 0.29) is 45.7 Å². The molecule has 0 fully saturated rings. The van der Waals surface area contributed by atoms with E-state index in [1.807, 2.05) is 41.5 Å². The van der Waals surface area contributed by atoms with E-state index in [4.69, 9.17) is 121 Å². The smallest absolute Gasteiger partial charge is 0.135 e. The van der Waals surface area contributed by atoms with Crippen LogP contribution in [0.15, 0.2) is 0 Å². The van der Waals surface area contributed by atoms with Gasteiger partial charge in [-0.3, -0.25) is 0 Å². The van der Waals surface area contributed by atoms with Crippen LogP contribution in [0.2, 0.25) is 0 Å². The van der Waals surface area contributed by atoms with Crippen LogP contribution in [0, 0.1) is 29.6 Å². The van der Waals surface area contributed by atoms with Crippen molar-refractivity contribution >= 4 is 116 Å². The van der Waals surface area contributed by atoms with Crippen LogP contribution in [0.5, 0.6) is 0 Å². The molecule has 0 aliphatic heterocycles. The fourth-order valence-corrected chi connectivity index (χ4v) is 10.1. The average Bonchev–Trinajstić information content (AvgIpc) is 2.91. The maximum atomic E-state index is 7.19. The van der Waals surface area contributed by atoms with Gasteiger partial charge in [-0.05, 0) is 36.5 Å². The van der Waals surface area contributed by atoms with E-state index >= 15 is 0 Å². The van der Waals surface area contributed by atoms with Crippen molar-refractivity contribution < 1.29 is 4.74 Å². The summed E-state index contributed by atoms with van der Waals surface area (Å²) >= 11 is 68.6. The van der Waals surface area contributed by atoms with E-state index in [2.05, 4.69) is 6.92 Å². The lowest BCUT2D eigenvalue weighted by Gasteiger charge is -2.40. The monoisotopic (exact) mass is 750 g/mol. The average molecular weight is 755 g/mol. The lowest BCUT2D eigenvalue weighted by atomic mass is 9.78. The summed E-state index contributed by atoms with van der Waals surface area (Å²) < 4.78 is 5.74. The minimum atomic E-state index is -0.578. The molecule has 0 aromatic carbocycles. The summed E-state index contributed by atoms with van der Waals surface area (Å²) in [6, 6.07) is 0. The molecular weight excluding hydrogens is 707 g/mol. The number of halogens is 10. The lowest BCUT2D eigenvalue weighted by Crippen LogP contribution is -2.46. The molecule has 0 rings (SSSR count). The summed E-state index contributed by atoms with van der Waals surface area (Å²) in [5, 5.41) is -4.19. The van der Waals surface area contributed by atoms with Crippen molar-refractivity contribution in [3.63, 3.8) is 0 Å². The Hall–Kier alpha value is 2.86. The number of rotatable bonds is 21. The lowest BCUT2D eigenvalue weighted by molar-refractivity contribution is 0.0642. The summed E-state index contributed by atoms with van der Waals surface area (Å²) in [6.45, 7) is 14.8. The first-order valence-corrected chi connectivity index (χ1v) is 18.6. The standard InChI is InChI=1S/C28H48Cl10O/c1-8-13-39-28(38)18(12-5)24(34)26(36)22(32)16(10-3)20(30)15(9-2)21(31)17(11-4)23(33)27(37)25(35)19(29)14(6)7/h14-28H,8-13H2,1-7H3. The molecule has 0 N–H and O–H groups in total. The maximum absolute atomic E-state index is 7.19. The van der Waals surface area contributed by atoms with E-state index in [0.29, 0.717) is 25.9 Å². The van der Waals surface area contributed by atoms with Crippen molar-refractivity contribution in [2.75, 3.05) is 6.61 Å². The molecule has 236 valence electrons. The predicted octanol–water partition coefficient (Wildman–Crippen LogP) is 12.2. The molecule has 1 nitrogen and oxygen atoms in total. The summed E-state index contributed by atoms with van der Waals surface area (Å²) in [5.41, 5.74) is -0.548. The first-order chi connectivity index (χ1) is 18.2. The Labute approximate surface area is 289 Å². The Morgan fingerprint density at radius 1 is 0.410 bits per heavy atom. The van der Waals surface area contributed by atoms with Gasteiger partial charge in [0.1, 0.15) is 5.56 Å². The van der Waals surface area contributed by atoms with Gasteiger partial charge in [0.15, 0.2) is 0 Å². The normalized spacial score (nSPS) is 23.5. The van der Waals surface area contributed by atoms with E-state index in [9.17, 15) is 0 Å². The topological polar surface area (TPSA) is 9.23 Å². The van der Waals surface area contributed by atoms with Gasteiger partial charge in [0.05, 0.1) is 37.6 Å². The molecule has 0 saturated heterocycles. The first-order valence-electron chi connectivity index (χ1n) is 14.2. The molecule has 0 radical (unpaired) electrons. The molecule has 0 heterocycles. The summed E-state index contributed by atoms with van der Waals surface area (Å²) in [7, 11) is 0. The quantitative estimate of drug-likeness (QED) is 0.106. The fraction of sp³-hybridized carbons (Fsp3) is 1.00. The van der Waals surface area contributed by atoms with Gasteiger partial charge in [0.25, 0.3) is 0 Å². The number of hydrogen-bond donors (Lipinski definition) is 0. The van der Waals surface area contributed by atoms with E-state index < -0.39 is 37.8 Å². The van der Waals surface area contributed by atoms with Crippen molar-refractivity contribution in [3.05, 3.63) is 0 Å². The molecule has 0 saturated carbocycles. The molecule has 0 aliphatic carbocycles. The van der Waals surface area contributed by atoms with Gasteiger partial charge in [-0.25, -0.2) is 0 Å². The van der Waals surface area contributed by atoms with Gasteiger partial charge in [0, 0.05) is 23.3 Å². The highest BCUT2D eigenvalue weighted by molar-refractivity contribution is 6.38. The zero-order valence-corrected chi connectivity index (χ0v) is 31.7. The van der Waals surface area contributed by atoms with Gasteiger partial charge in [-0.15, -0.1) is 104 Å². The Bertz CT molecular complexity index is 629. The van der Waals surface area contributed by atoms with Crippen LogP contribution >= 0.6 is 116 Å². The number of hydrogen-bond acceptors (Lipinski definition) is 1. The zero-order valence-electron chi connectivity index (χ0n) is 24.1. The van der Waals surface area contributed by atoms with Gasteiger partial charge >= 0.3 is 0 Å². The fourth-order valence-electron chi connectivity index (χ4n) is 5.03. The molecule has 0 aliphatic rings. The molecule has 0 bridgehead atoms. The van der Waals surface area contributed by atoms with Gasteiger partial charge in [0.2, 0.25) is 0 Å². The Kier molecular flexibility index (Phi) is 23.2. The van der Waals surface area contributed by atoms with Gasteiger partial charge in [-0.1, -0.05) is 79.3 Å². The summed E-state index contributed by atoms with van der Waals surface area (Å²) in [4.78, 5) is 0. The highest BCUT2D eigenvalue weighted by atomic mass is 35.5. The predicted molar refractivity (Wildman–Crippen MR) is 183 cm³/mol. The largest absolute Gasteiger partial charge is 0.362 e. The van der Waals surface area contributed by atoms with Crippen LogP contribution in [0.4, 0.5) is 0 Å². The minimum absolute atomic E-state index is 0.103. The number of ether oxygens (including phenoxy) is 1. The van der Waals surface area contributed by atoms with Crippen molar-refractivity contribution in [1.29, 1.82) is 0 Å². The molecular formula is C28H48Cl10O. The molecule has 0 aromatic rings. The second kappa shape index (κ2) is 21.6. The van der Waals surface area contributed by atoms with Crippen LogP contribution in [-0.2, 0) is 4.74 Å². The van der Waals surface area contributed by atoms with Crippen molar-refractivity contribution in [2.24, 2.45) is 29.6 Å². The van der Waals surface area contributed by atoms with Crippen molar-refractivity contribution in [3.8, 4) is 0 Å². The third kappa shape index (κ3) is 12.3. The summed E-state index contributed by atoms with van der Waals surface area (Å²) in [6.07, 6.45) is 3.71. The zero-order chi connectivity index (χ0) is 30.6. The molecule has 14 atom stereocenters. The van der Waals surface area contributed by atoms with Crippen LogP contribution in [0.1, 0.15) is 80.6 Å². The van der Waals surface area contributed by atoms with Crippen molar-refractivity contribution in [2.45, 2.75) is 135 Å². The molecule has 11 heteroatoms. The van der Waals surface area contributed by atoms with Gasteiger partial charge in [-0.2, -0.15) is 0 Å².